The molecule has 2 nitrogen and oxygen atoms in total. The predicted molar refractivity (Wildman–Crippen MR) is 67.0 cm³/mol. The highest BCUT2D eigenvalue weighted by molar-refractivity contribution is 5.36. The molecule has 0 amide bonds. The van der Waals surface area contributed by atoms with E-state index in [0.29, 0.717) is 11.8 Å². The van der Waals surface area contributed by atoms with Gasteiger partial charge >= 0.3 is 0 Å². The van der Waals surface area contributed by atoms with Gasteiger partial charge in [-0.15, -0.1) is 0 Å². The van der Waals surface area contributed by atoms with Crippen LogP contribution >= 0.6 is 0 Å². The van der Waals surface area contributed by atoms with Crippen molar-refractivity contribution in [2.75, 3.05) is 0 Å². The van der Waals surface area contributed by atoms with Crippen molar-refractivity contribution in [1.82, 2.24) is 4.98 Å². The molecule has 0 radical (unpaired) electrons. The van der Waals surface area contributed by atoms with Gasteiger partial charge in [-0.25, -0.2) is 0 Å². The lowest BCUT2D eigenvalue weighted by molar-refractivity contribution is 0.0896. The zero-order valence-electron chi connectivity index (χ0n) is 10.7. The number of fused-ring (bicyclic) bond motifs is 1. The van der Waals surface area contributed by atoms with E-state index >= 15 is 0 Å². The molecule has 0 bridgehead atoms. The smallest absolute Gasteiger partial charge is 0.0364 e. The molecule has 0 saturated carbocycles. The van der Waals surface area contributed by atoms with E-state index < -0.39 is 0 Å². The highest BCUT2D eigenvalue weighted by Crippen LogP contribution is 2.53. The fourth-order valence-electron chi connectivity index (χ4n) is 3.41. The molecule has 0 aliphatic heterocycles. The first-order chi connectivity index (χ1) is 7.50. The molecule has 0 unspecified atom stereocenters. The van der Waals surface area contributed by atoms with Crippen molar-refractivity contribution < 1.29 is 0 Å². The van der Waals surface area contributed by atoms with Gasteiger partial charge in [-0.2, -0.15) is 0 Å². The molecule has 1 heterocycles. The zero-order valence-corrected chi connectivity index (χ0v) is 10.7. The van der Waals surface area contributed by atoms with Gasteiger partial charge in [-0.3, -0.25) is 4.98 Å². The normalized spacial score (nSPS) is 22.8. The number of hydrogen-bond acceptors (Lipinski definition) is 2. The lowest BCUT2D eigenvalue weighted by Gasteiger charge is -2.41. The molecule has 1 aromatic rings. The van der Waals surface area contributed by atoms with Crippen molar-refractivity contribution in [3.05, 3.63) is 29.6 Å². The number of rotatable bonds is 2. The first kappa shape index (κ1) is 11.6. The lowest BCUT2D eigenvalue weighted by atomic mass is 9.64. The molecule has 1 aliphatic carbocycles. The third-order valence-electron chi connectivity index (χ3n) is 4.50. The fourth-order valence-corrected chi connectivity index (χ4v) is 3.41. The average molecular weight is 218 g/mol. The van der Waals surface area contributed by atoms with Gasteiger partial charge in [0.15, 0.2) is 0 Å². The minimum atomic E-state index is 0.158. The highest BCUT2D eigenvalue weighted by atomic mass is 14.8. The predicted octanol–water partition coefficient (Wildman–Crippen LogP) is 2.94. The molecule has 1 atom stereocenters. The van der Waals surface area contributed by atoms with Crippen molar-refractivity contribution in [3.63, 3.8) is 0 Å². The largest absolute Gasteiger partial charge is 0.323 e. The summed E-state index contributed by atoms with van der Waals surface area (Å²) in [6.45, 7) is 9.16. The van der Waals surface area contributed by atoms with Gasteiger partial charge < -0.3 is 5.73 Å². The summed E-state index contributed by atoms with van der Waals surface area (Å²) >= 11 is 0. The van der Waals surface area contributed by atoms with E-state index in [1.54, 1.807) is 0 Å². The zero-order chi connectivity index (χ0) is 11.9. The molecule has 1 aliphatic rings. The summed E-state index contributed by atoms with van der Waals surface area (Å²) in [5, 5.41) is 0. The summed E-state index contributed by atoms with van der Waals surface area (Å²) in [5.41, 5.74) is 9.35. The Morgan fingerprint density at radius 3 is 2.44 bits per heavy atom. The maximum atomic E-state index is 6.50. The second-order valence-corrected chi connectivity index (χ2v) is 5.65. The fraction of sp³-hybridized carbons (Fsp3) is 0.643. The first-order valence-electron chi connectivity index (χ1n) is 6.18. The molecular weight excluding hydrogens is 196 g/mol. The minimum absolute atomic E-state index is 0.158. The molecule has 0 aromatic carbocycles. The van der Waals surface area contributed by atoms with Crippen LogP contribution in [0, 0.1) is 17.3 Å². The quantitative estimate of drug-likeness (QED) is 0.829. The van der Waals surface area contributed by atoms with Gasteiger partial charge in [-0.05, 0) is 40.9 Å². The molecule has 88 valence electrons. The summed E-state index contributed by atoms with van der Waals surface area (Å²) in [6, 6.07) is 2.25. The Kier molecular flexibility index (Phi) is 2.79. The van der Waals surface area contributed by atoms with Gasteiger partial charge in [0.05, 0.1) is 0 Å². The molecule has 0 spiro atoms. The van der Waals surface area contributed by atoms with E-state index in [9.17, 15) is 0 Å². The summed E-state index contributed by atoms with van der Waals surface area (Å²) in [6.07, 6.45) is 4.92. The number of hydrogen-bond donors (Lipinski definition) is 1. The average Bonchev–Trinajstić information content (AvgIpc) is 2.54. The van der Waals surface area contributed by atoms with Crippen LogP contribution in [-0.2, 0) is 6.42 Å². The van der Waals surface area contributed by atoms with Crippen LogP contribution in [0.15, 0.2) is 18.5 Å². The van der Waals surface area contributed by atoms with Crippen molar-refractivity contribution in [1.29, 1.82) is 0 Å². The Balaban J connectivity index is 2.49. The van der Waals surface area contributed by atoms with Gasteiger partial charge in [0.2, 0.25) is 0 Å². The van der Waals surface area contributed by atoms with Gasteiger partial charge in [0.1, 0.15) is 0 Å². The number of pyridine rings is 1. The molecule has 2 rings (SSSR count). The van der Waals surface area contributed by atoms with E-state index in [1.807, 2.05) is 12.4 Å². The maximum absolute atomic E-state index is 6.50. The minimum Gasteiger partial charge on any atom is -0.323 e. The van der Waals surface area contributed by atoms with Crippen LogP contribution < -0.4 is 5.73 Å². The molecule has 1 aromatic heterocycles. The Morgan fingerprint density at radius 2 is 1.94 bits per heavy atom. The second-order valence-electron chi connectivity index (χ2n) is 5.65. The summed E-state index contributed by atoms with van der Waals surface area (Å²) in [4.78, 5) is 4.22. The summed E-state index contributed by atoms with van der Waals surface area (Å²) < 4.78 is 0. The van der Waals surface area contributed by atoms with E-state index in [-0.39, 0.29) is 11.5 Å². The second kappa shape index (κ2) is 3.85. The molecule has 16 heavy (non-hydrogen) atoms. The van der Waals surface area contributed by atoms with Crippen molar-refractivity contribution in [2.45, 2.75) is 40.2 Å². The standard InChI is InChI=1S/C14H22N2/c1-9(2)14(10(3)4)7-11-8-16-6-5-12(11)13(14)15/h5-6,8-10,13H,7,15H2,1-4H3/t13-/m1/s1. The molecule has 0 fully saturated rings. The number of nitrogens with two attached hydrogens (primary N) is 1. The van der Waals surface area contributed by atoms with Gasteiger partial charge in [-0.1, -0.05) is 27.7 Å². The van der Waals surface area contributed by atoms with Crippen LogP contribution in [0.5, 0.6) is 0 Å². The van der Waals surface area contributed by atoms with Gasteiger partial charge in [0.25, 0.3) is 0 Å². The highest BCUT2D eigenvalue weighted by Gasteiger charge is 2.48. The van der Waals surface area contributed by atoms with Crippen LogP contribution in [0.1, 0.15) is 44.9 Å². The van der Waals surface area contributed by atoms with E-state index in [2.05, 4.69) is 38.7 Å². The number of nitrogens with zero attached hydrogens (tertiary/aromatic N) is 1. The Bertz CT molecular complexity index is 374. The molecule has 2 N–H and O–H groups in total. The summed E-state index contributed by atoms with van der Waals surface area (Å²) in [5.74, 6) is 1.18. The maximum Gasteiger partial charge on any atom is 0.0364 e. The van der Waals surface area contributed by atoms with E-state index in [4.69, 9.17) is 5.73 Å². The van der Waals surface area contributed by atoms with Crippen molar-refractivity contribution >= 4 is 0 Å². The number of aromatic nitrogens is 1. The van der Waals surface area contributed by atoms with Crippen LogP contribution in [0.2, 0.25) is 0 Å². The third-order valence-corrected chi connectivity index (χ3v) is 4.50. The van der Waals surface area contributed by atoms with Crippen LogP contribution in [0.3, 0.4) is 0 Å². The Morgan fingerprint density at radius 1 is 1.31 bits per heavy atom. The molecule has 0 saturated heterocycles. The van der Waals surface area contributed by atoms with Gasteiger partial charge in [0, 0.05) is 18.4 Å². The lowest BCUT2D eigenvalue weighted by Crippen LogP contribution is -2.41. The van der Waals surface area contributed by atoms with E-state index in [0.717, 1.165) is 6.42 Å². The Hall–Kier alpha value is -0.890. The monoisotopic (exact) mass is 218 g/mol. The topological polar surface area (TPSA) is 38.9 Å². The van der Waals surface area contributed by atoms with Crippen molar-refractivity contribution in [2.24, 2.45) is 23.0 Å². The molecular formula is C14H22N2. The SMILES string of the molecule is CC(C)C1(C(C)C)Cc2cnccc2[C@H]1N. The molecule has 2 heteroatoms. The summed E-state index contributed by atoms with van der Waals surface area (Å²) in [7, 11) is 0. The van der Waals surface area contributed by atoms with Crippen LogP contribution in [-0.4, -0.2) is 4.98 Å². The van der Waals surface area contributed by atoms with Crippen LogP contribution in [0.4, 0.5) is 0 Å². The Labute approximate surface area is 98.3 Å². The third kappa shape index (κ3) is 1.40. The van der Waals surface area contributed by atoms with E-state index in [1.165, 1.54) is 11.1 Å². The van der Waals surface area contributed by atoms with Crippen molar-refractivity contribution in [3.8, 4) is 0 Å². The first-order valence-corrected chi connectivity index (χ1v) is 6.18. The van der Waals surface area contributed by atoms with Crippen LogP contribution in [0.25, 0.3) is 0 Å².